The second kappa shape index (κ2) is 12.3. The number of amides is 3. The molecule has 3 amide bonds. The molecule has 0 aromatic heterocycles. The molecule has 35 heavy (non-hydrogen) atoms. The van der Waals surface area contributed by atoms with E-state index in [2.05, 4.69) is 16.6 Å². The van der Waals surface area contributed by atoms with E-state index in [9.17, 15) is 19.6 Å². The molecular weight excluding hydrogens is 444 g/mol. The lowest BCUT2D eigenvalue weighted by Gasteiger charge is -2.36. The van der Waals surface area contributed by atoms with Crippen molar-refractivity contribution < 1.29 is 19.1 Å². The van der Waals surface area contributed by atoms with E-state index in [1.54, 1.807) is 45.0 Å². The Morgan fingerprint density at radius 2 is 1.69 bits per heavy atom. The van der Waals surface area contributed by atoms with Crippen LogP contribution in [0.2, 0.25) is 0 Å². The Kier molecular flexibility index (Phi) is 10.3. The number of alkyl carbamates (subject to hydrolysis) is 1. The van der Waals surface area contributed by atoms with Gasteiger partial charge in [0.05, 0.1) is 6.07 Å². The summed E-state index contributed by atoms with van der Waals surface area (Å²) in [4.78, 5) is 41.0. The smallest absolute Gasteiger partial charge is 0.408 e. The predicted molar refractivity (Wildman–Crippen MR) is 135 cm³/mol. The molecule has 1 rings (SSSR count). The molecule has 2 N–H and O–H groups in total. The summed E-state index contributed by atoms with van der Waals surface area (Å²) in [5.41, 5.74) is -0.228. The molecule has 3 atom stereocenters. The third-order valence-electron chi connectivity index (χ3n) is 5.13. The summed E-state index contributed by atoms with van der Waals surface area (Å²) in [6, 6.07) is 6.56. The van der Waals surface area contributed by atoms with Crippen LogP contribution in [-0.2, 0) is 14.3 Å². The number of terminal acetylenes is 1. The van der Waals surface area contributed by atoms with Crippen LogP contribution in [0.15, 0.2) is 24.3 Å². The Hall–Kier alpha value is -3.52. The third-order valence-corrected chi connectivity index (χ3v) is 5.13. The number of carbonyl (C=O) groups is 3. The van der Waals surface area contributed by atoms with Gasteiger partial charge in [-0.1, -0.05) is 38.3 Å². The van der Waals surface area contributed by atoms with Crippen molar-refractivity contribution in [3.63, 3.8) is 0 Å². The zero-order valence-corrected chi connectivity index (χ0v) is 22.1. The lowest BCUT2D eigenvalue weighted by atomic mass is 9.95. The lowest BCUT2D eigenvalue weighted by molar-refractivity contribution is -0.143. The van der Waals surface area contributed by atoms with Crippen molar-refractivity contribution >= 4 is 17.9 Å². The van der Waals surface area contributed by atoms with Gasteiger partial charge in [-0.15, -0.1) is 6.42 Å². The zero-order valence-electron chi connectivity index (χ0n) is 22.1. The van der Waals surface area contributed by atoms with Gasteiger partial charge in [0.15, 0.2) is 0 Å². The van der Waals surface area contributed by atoms with Gasteiger partial charge >= 0.3 is 6.09 Å². The van der Waals surface area contributed by atoms with Crippen molar-refractivity contribution in [3.05, 3.63) is 35.4 Å². The predicted octanol–water partition coefficient (Wildman–Crippen LogP) is 3.92. The van der Waals surface area contributed by atoms with E-state index in [-0.39, 0.29) is 12.5 Å². The number of nitriles is 1. The number of rotatable bonds is 8. The van der Waals surface area contributed by atoms with Crippen LogP contribution in [-0.4, -0.2) is 46.5 Å². The summed E-state index contributed by atoms with van der Waals surface area (Å²) in [5, 5.41) is 15.1. The van der Waals surface area contributed by atoms with Crippen LogP contribution in [0, 0.1) is 29.6 Å². The largest absolute Gasteiger partial charge is 0.444 e. The number of hydrogen-bond donors (Lipinski definition) is 2. The highest BCUT2D eigenvalue weighted by Gasteiger charge is 2.38. The van der Waals surface area contributed by atoms with E-state index in [1.807, 2.05) is 40.7 Å². The molecule has 0 fully saturated rings. The Labute approximate surface area is 209 Å². The number of hydrogen-bond acceptors (Lipinski definition) is 5. The molecule has 0 spiro atoms. The van der Waals surface area contributed by atoms with Crippen LogP contribution >= 0.6 is 0 Å². The lowest BCUT2D eigenvalue weighted by Crippen LogP contribution is -2.56. The number of ether oxygens (including phenoxy) is 1. The molecule has 0 aliphatic carbocycles. The van der Waals surface area contributed by atoms with E-state index in [0.29, 0.717) is 17.5 Å². The van der Waals surface area contributed by atoms with Crippen molar-refractivity contribution in [2.45, 2.75) is 85.0 Å². The second-order valence-electron chi connectivity index (χ2n) is 10.5. The van der Waals surface area contributed by atoms with E-state index >= 15 is 0 Å². The van der Waals surface area contributed by atoms with Crippen LogP contribution in [0.25, 0.3) is 0 Å². The Morgan fingerprint density at radius 1 is 1.11 bits per heavy atom. The van der Waals surface area contributed by atoms with Gasteiger partial charge in [-0.05, 0) is 65.2 Å². The van der Waals surface area contributed by atoms with Crippen molar-refractivity contribution in [2.24, 2.45) is 5.92 Å². The summed E-state index contributed by atoms with van der Waals surface area (Å²) >= 11 is 0. The van der Waals surface area contributed by atoms with E-state index in [1.165, 1.54) is 4.90 Å². The maximum absolute atomic E-state index is 13.8. The molecule has 8 heteroatoms. The quantitative estimate of drug-likeness (QED) is 0.431. The summed E-state index contributed by atoms with van der Waals surface area (Å²) in [6.07, 6.45) is 5.29. The molecule has 0 aliphatic heterocycles. The van der Waals surface area contributed by atoms with Gasteiger partial charge in [-0.2, -0.15) is 5.26 Å². The first-order chi connectivity index (χ1) is 16.1. The number of nitrogens with one attached hydrogen (secondary N) is 2. The first-order valence-corrected chi connectivity index (χ1v) is 11.7. The van der Waals surface area contributed by atoms with Gasteiger partial charge in [0.25, 0.3) is 0 Å². The van der Waals surface area contributed by atoms with Crippen LogP contribution in [0.5, 0.6) is 0 Å². The van der Waals surface area contributed by atoms with Crippen LogP contribution in [0.4, 0.5) is 4.79 Å². The standard InChI is InChI=1S/C27H38N4O4/c1-10-18(3)21(29-25(34)35-27(7,8)9)24(33)31(17-16-28)22(23(32)30-26(4,5)6)20-14-12-19(11-2)13-15-20/h2,12-15,18,21-22H,10,17H2,1,3-9H3,(H,29,34)(H,30,32). The summed E-state index contributed by atoms with van der Waals surface area (Å²) in [5.74, 6) is 1.23. The Bertz CT molecular complexity index is 975. The fourth-order valence-corrected chi connectivity index (χ4v) is 3.34. The summed E-state index contributed by atoms with van der Waals surface area (Å²) in [6.45, 7) is 14.0. The molecule has 0 radical (unpaired) electrons. The Balaban J connectivity index is 3.52. The SMILES string of the molecule is C#Cc1ccc(C(C(=O)NC(C)(C)C)N(CC#N)C(=O)C(NC(=O)OC(C)(C)C)C(C)CC)cc1. The van der Waals surface area contributed by atoms with Crippen LogP contribution < -0.4 is 10.6 Å². The van der Waals surface area contributed by atoms with Crippen molar-refractivity contribution in [1.82, 2.24) is 15.5 Å². The highest BCUT2D eigenvalue weighted by atomic mass is 16.6. The second-order valence-corrected chi connectivity index (χ2v) is 10.5. The van der Waals surface area contributed by atoms with E-state index < -0.39 is 41.1 Å². The molecule has 0 bridgehead atoms. The van der Waals surface area contributed by atoms with Crippen molar-refractivity contribution in [2.75, 3.05) is 6.54 Å². The van der Waals surface area contributed by atoms with Gasteiger partial charge in [0.2, 0.25) is 11.8 Å². The minimum absolute atomic E-state index is 0.286. The summed E-state index contributed by atoms with van der Waals surface area (Å²) < 4.78 is 5.35. The Morgan fingerprint density at radius 3 is 2.11 bits per heavy atom. The monoisotopic (exact) mass is 482 g/mol. The zero-order chi connectivity index (χ0) is 27.0. The molecule has 0 saturated heterocycles. The number of nitrogens with zero attached hydrogens (tertiary/aromatic N) is 2. The number of benzene rings is 1. The van der Waals surface area contributed by atoms with Gasteiger partial charge in [-0.3, -0.25) is 9.59 Å². The first-order valence-electron chi connectivity index (χ1n) is 11.7. The van der Waals surface area contributed by atoms with Gasteiger partial charge in [0.1, 0.15) is 24.2 Å². The van der Waals surface area contributed by atoms with Gasteiger partial charge in [0, 0.05) is 11.1 Å². The van der Waals surface area contributed by atoms with Crippen LogP contribution in [0.1, 0.15) is 79.0 Å². The highest BCUT2D eigenvalue weighted by Crippen LogP contribution is 2.25. The summed E-state index contributed by atoms with van der Waals surface area (Å²) in [7, 11) is 0. The van der Waals surface area contributed by atoms with Crippen molar-refractivity contribution in [3.8, 4) is 18.4 Å². The normalized spacial score (nSPS) is 13.9. The minimum Gasteiger partial charge on any atom is -0.444 e. The third kappa shape index (κ3) is 9.33. The van der Waals surface area contributed by atoms with E-state index in [0.717, 1.165) is 0 Å². The molecule has 0 aliphatic rings. The molecule has 1 aromatic rings. The molecular formula is C27H38N4O4. The van der Waals surface area contributed by atoms with E-state index in [4.69, 9.17) is 11.2 Å². The fourth-order valence-electron chi connectivity index (χ4n) is 3.34. The molecule has 0 heterocycles. The maximum Gasteiger partial charge on any atom is 0.408 e. The molecule has 3 unspecified atom stereocenters. The maximum atomic E-state index is 13.8. The molecule has 0 saturated carbocycles. The molecule has 8 nitrogen and oxygen atoms in total. The van der Waals surface area contributed by atoms with Crippen molar-refractivity contribution in [1.29, 1.82) is 5.26 Å². The average Bonchev–Trinajstić information content (AvgIpc) is 2.74. The van der Waals surface area contributed by atoms with Gasteiger partial charge in [-0.25, -0.2) is 4.79 Å². The topological polar surface area (TPSA) is 112 Å². The average molecular weight is 483 g/mol. The number of carbonyl (C=O) groups excluding carboxylic acids is 3. The molecule has 190 valence electrons. The fraction of sp³-hybridized carbons (Fsp3) is 0.556. The first kappa shape index (κ1) is 29.5. The minimum atomic E-state index is -1.11. The van der Waals surface area contributed by atoms with Gasteiger partial charge < -0.3 is 20.3 Å². The highest BCUT2D eigenvalue weighted by molar-refractivity contribution is 5.92. The van der Waals surface area contributed by atoms with Crippen LogP contribution in [0.3, 0.4) is 0 Å². The molecule has 1 aromatic carbocycles.